The number of aryl methyl sites for hydroxylation is 2. The molecule has 0 aliphatic rings. The lowest BCUT2D eigenvalue weighted by Crippen LogP contribution is -3.00. The van der Waals surface area contributed by atoms with Gasteiger partial charge in [-0.2, -0.15) is 0 Å². The van der Waals surface area contributed by atoms with Gasteiger partial charge in [0.15, 0.2) is 24.8 Å². The van der Waals surface area contributed by atoms with Gasteiger partial charge in [0.2, 0.25) is 0 Å². The minimum Gasteiger partial charge on any atom is -1.00 e. The molecule has 0 fully saturated rings. The van der Waals surface area contributed by atoms with Crippen molar-refractivity contribution in [2.75, 3.05) is 0 Å². The zero-order valence-corrected chi connectivity index (χ0v) is 16.4. The Morgan fingerprint density at radius 1 is 0.800 bits per heavy atom. The van der Waals surface area contributed by atoms with E-state index in [1.54, 1.807) is 0 Å². The Bertz CT molecular complexity index is 481. The van der Waals surface area contributed by atoms with Gasteiger partial charge in [-0.15, -0.1) is 0 Å². The van der Waals surface area contributed by atoms with Crippen LogP contribution in [0.25, 0.3) is 11.1 Å². The van der Waals surface area contributed by atoms with Gasteiger partial charge in [-0.1, -0.05) is 13.3 Å². The van der Waals surface area contributed by atoms with Crippen LogP contribution < -0.4 is 57.1 Å². The van der Waals surface area contributed by atoms with Crippen molar-refractivity contribution in [2.24, 2.45) is 7.05 Å². The van der Waals surface area contributed by atoms with Gasteiger partial charge in [-0.05, 0) is 17.5 Å². The molecule has 0 N–H and O–H groups in total. The molecule has 0 aromatic carbocycles. The van der Waals surface area contributed by atoms with E-state index >= 15 is 0 Å². The molecule has 0 saturated heterocycles. The van der Waals surface area contributed by atoms with E-state index in [0.717, 1.165) is 6.54 Å². The van der Waals surface area contributed by atoms with Crippen molar-refractivity contribution in [1.82, 2.24) is 0 Å². The summed E-state index contributed by atoms with van der Waals surface area (Å²) in [4.78, 5) is 0. The molecule has 4 heteroatoms. The summed E-state index contributed by atoms with van der Waals surface area (Å²) >= 11 is 0. The lowest BCUT2D eigenvalue weighted by molar-refractivity contribution is -0.697. The van der Waals surface area contributed by atoms with E-state index in [2.05, 4.69) is 65.1 Å². The van der Waals surface area contributed by atoms with E-state index < -0.39 is 0 Å². The highest BCUT2D eigenvalue weighted by atomic mass is 127. The topological polar surface area (TPSA) is 7.76 Å². The first kappa shape index (κ1) is 19.8. The molecule has 0 aliphatic heterocycles. The molecular formula is C16H22I2N2. The lowest BCUT2D eigenvalue weighted by Gasteiger charge is -2.00. The Balaban J connectivity index is 0.00000180. The number of halogens is 2. The maximum absolute atomic E-state index is 2.27. The molecule has 2 rings (SSSR count). The number of aromatic nitrogens is 2. The van der Waals surface area contributed by atoms with Crippen LogP contribution in [0.4, 0.5) is 0 Å². The summed E-state index contributed by atoms with van der Waals surface area (Å²) in [6.45, 7) is 3.36. The van der Waals surface area contributed by atoms with Crippen LogP contribution in [0.2, 0.25) is 0 Å². The van der Waals surface area contributed by atoms with Crippen molar-refractivity contribution < 1.29 is 57.1 Å². The van der Waals surface area contributed by atoms with Crippen LogP contribution in [-0.4, -0.2) is 0 Å². The fourth-order valence-electron chi connectivity index (χ4n) is 2.04. The number of rotatable bonds is 5. The molecule has 0 amide bonds. The molecule has 0 aliphatic carbocycles. The zero-order chi connectivity index (χ0) is 12.8. The van der Waals surface area contributed by atoms with E-state index in [-0.39, 0.29) is 48.0 Å². The van der Waals surface area contributed by atoms with Crippen molar-refractivity contribution in [3.63, 3.8) is 0 Å². The Labute approximate surface area is 156 Å². The van der Waals surface area contributed by atoms with E-state index in [1.807, 2.05) is 7.05 Å². The summed E-state index contributed by atoms with van der Waals surface area (Å²) in [6, 6.07) is 8.69. The Hall–Kier alpha value is -0.240. The molecule has 110 valence electrons. The highest BCUT2D eigenvalue weighted by Gasteiger charge is 2.03. The van der Waals surface area contributed by atoms with Crippen molar-refractivity contribution in [1.29, 1.82) is 0 Å². The molecule has 20 heavy (non-hydrogen) atoms. The molecule has 0 bridgehead atoms. The third kappa shape index (κ3) is 6.03. The van der Waals surface area contributed by atoms with Gasteiger partial charge < -0.3 is 48.0 Å². The molecule has 2 aromatic rings. The maximum Gasteiger partial charge on any atom is 0.169 e. The average molecular weight is 496 g/mol. The molecule has 0 radical (unpaired) electrons. The minimum absolute atomic E-state index is 0. The number of hydrogen-bond donors (Lipinski definition) is 0. The number of unbranched alkanes of at least 4 members (excludes halogenated alkanes) is 2. The maximum atomic E-state index is 2.27. The Kier molecular flexibility index (Phi) is 10.4. The van der Waals surface area contributed by atoms with Crippen LogP contribution in [0.1, 0.15) is 26.2 Å². The summed E-state index contributed by atoms with van der Waals surface area (Å²) in [6.07, 6.45) is 12.4. The van der Waals surface area contributed by atoms with Gasteiger partial charge in [-0.3, -0.25) is 0 Å². The molecular weight excluding hydrogens is 474 g/mol. The largest absolute Gasteiger partial charge is 1.00 e. The molecule has 2 aromatic heterocycles. The number of pyridine rings is 2. The van der Waals surface area contributed by atoms with Gasteiger partial charge in [0.05, 0.1) is 0 Å². The van der Waals surface area contributed by atoms with E-state index in [1.165, 1.54) is 30.4 Å². The standard InChI is InChI=1S/C16H22N2.2HI/c1-3-4-5-10-18-13-8-16(9-14-18)15-6-11-17(2)12-7-15;;/h6-9,11-14H,3-5,10H2,1-2H3;2*1H/q+2;;/p-2. The summed E-state index contributed by atoms with van der Waals surface area (Å²) in [5, 5.41) is 0. The predicted molar refractivity (Wildman–Crippen MR) is 72.8 cm³/mol. The second kappa shape index (κ2) is 10.5. The summed E-state index contributed by atoms with van der Waals surface area (Å²) in [7, 11) is 2.04. The summed E-state index contributed by atoms with van der Waals surface area (Å²) in [5.74, 6) is 0. The molecule has 0 saturated carbocycles. The van der Waals surface area contributed by atoms with Crippen LogP contribution in [0.15, 0.2) is 49.1 Å². The Morgan fingerprint density at radius 2 is 1.30 bits per heavy atom. The summed E-state index contributed by atoms with van der Waals surface area (Å²) < 4.78 is 4.32. The van der Waals surface area contributed by atoms with E-state index in [4.69, 9.17) is 0 Å². The lowest BCUT2D eigenvalue weighted by atomic mass is 10.1. The minimum atomic E-state index is 0. The number of nitrogens with zero attached hydrogens (tertiary/aromatic N) is 2. The van der Waals surface area contributed by atoms with Crippen LogP contribution in [0, 0.1) is 0 Å². The fraction of sp³-hybridized carbons (Fsp3) is 0.375. The second-order valence-corrected chi connectivity index (χ2v) is 4.78. The highest BCUT2D eigenvalue weighted by Crippen LogP contribution is 2.15. The normalized spacial score (nSPS) is 9.50. The quantitative estimate of drug-likeness (QED) is 0.233. The number of hydrogen-bond acceptors (Lipinski definition) is 0. The first-order chi connectivity index (χ1) is 8.79. The first-order valence-corrected chi connectivity index (χ1v) is 6.74. The summed E-state index contributed by atoms with van der Waals surface area (Å²) in [5.41, 5.74) is 2.55. The molecule has 0 unspecified atom stereocenters. The third-order valence-electron chi connectivity index (χ3n) is 3.22. The van der Waals surface area contributed by atoms with Crippen LogP contribution in [0.3, 0.4) is 0 Å². The SMILES string of the molecule is CCCCC[n+]1ccc(-c2cc[n+](C)cc2)cc1.[I-].[I-]. The molecule has 0 atom stereocenters. The third-order valence-corrected chi connectivity index (χ3v) is 3.22. The smallest absolute Gasteiger partial charge is 0.169 e. The zero-order valence-electron chi connectivity index (χ0n) is 12.1. The molecule has 0 spiro atoms. The average Bonchev–Trinajstić information content (AvgIpc) is 2.41. The van der Waals surface area contributed by atoms with Gasteiger partial charge in [0.25, 0.3) is 0 Å². The molecule has 2 heterocycles. The van der Waals surface area contributed by atoms with Crippen LogP contribution >= 0.6 is 0 Å². The van der Waals surface area contributed by atoms with Gasteiger partial charge in [-0.25, -0.2) is 9.13 Å². The van der Waals surface area contributed by atoms with Crippen LogP contribution in [0.5, 0.6) is 0 Å². The van der Waals surface area contributed by atoms with Crippen molar-refractivity contribution in [3.05, 3.63) is 49.1 Å². The van der Waals surface area contributed by atoms with Gasteiger partial charge in [0.1, 0.15) is 13.6 Å². The van der Waals surface area contributed by atoms with Crippen molar-refractivity contribution >= 4 is 0 Å². The first-order valence-electron chi connectivity index (χ1n) is 6.74. The monoisotopic (exact) mass is 496 g/mol. The fourth-order valence-corrected chi connectivity index (χ4v) is 2.04. The second-order valence-electron chi connectivity index (χ2n) is 4.78. The van der Waals surface area contributed by atoms with Gasteiger partial charge in [0, 0.05) is 30.7 Å². The van der Waals surface area contributed by atoms with Crippen LogP contribution in [-0.2, 0) is 13.6 Å². The predicted octanol–water partition coefficient (Wildman–Crippen LogP) is -3.34. The Morgan fingerprint density at radius 3 is 1.80 bits per heavy atom. The molecule has 2 nitrogen and oxygen atoms in total. The van der Waals surface area contributed by atoms with E-state index in [9.17, 15) is 0 Å². The highest BCUT2D eigenvalue weighted by molar-refractivity contribution is 5.60. The van der Waals surface area contributed by atoms with Crippen molar-refractivity contribution in [3.8, 4) is 11.1 Å². The van der Waals surface area contributed by atoms with E-state index in [0.29, 0.717) is 0 Å². The van der Waals surface area contributed by atoms with Gasteiger partial charge >= 0.3 is 0 Å². The van der Waals surface area contributed by atoms with Crippen molar-refractivity contribution in [2.45, 2.75) is 32.7 Å².